The lowest BCUT2D eigenvalue weighted by atomic mass is 10.1. The number of nitrogens with zero attached hydrogens (tertiary/aromatic N) is 1. The molecule has 3 nitrogen and oxygen atoms in total. The van der Waals surface area contributed by atoms with E-state index < -0.39 is 0 Å². The molecule has 1 saturated heterocycles. The highest BCUT2D eigenvalue weighted by atomic mass is 16.5. The van der Waals surface area contributed by atoms with Gasteiger partial charge in [-0.1, -0.05) is 6.08 Å². The van der Waals surface area contributed by atoms with Gasteiger partial charge in [-0.15, -0.1) is 0 Å². The Kier molecular flexibility index (Phi) is 3.35. The predicted octanol–water partition coefficient (Wildman–Crippen LogP) is 0.238. The highest BCUT2D eigenvalue weighted by Gasteiger charge is 2.12. The Balaban J connectivity index is 1.78. The van der Waals surface area contributed by atoms with Crippen LogP contribution in [0.4, 0.5) is 0 Å². The van der Waals surface area contributed by atoms with Gasteiger partial charge in [-0.2, -0.15) is 0 Å². The molecule has 1 N–H and O–H groups in total. The van der Waals surface area contributed by atoms with E-state index in [0.29, 0.717) is 0 Å². The van der Waals surface area contributed by atoms with Gasteiger partial charge in [0.15, 0.2) is 0 Å². The fraction of sp³-hybridized carbons (Fsp3) is 0.800. The third kappa shape index (κ3) is 2.79. The molecule has 0 aliphatic carbocycles. The summed E-state index contributed by atoms with van der Waals surface area (Å²) in [5.74, 6) is 0. The van der Waals surface area contributed by atoms with Gasteiger partial charge >= 0.3 is 0 Å². The molecular formula is C10H18N2O. The minimum absolute atomic E-state index is 0.903. The van der Waals surface area contributed by atoms with Gasteiger partial charge in [0.25, 0.3) is 0 Å². The van der Waals surface area contributed by atoms with E-state index in [2.05, 4.69) is 16.3 Å². The van der Waals surface area contributed by atoms with Gasteiger partial charge in [-0.25, -0.2) is 0 Å². The van der Waals surface area contributed by atoms with Crippen molar-refractivity contribution in [1.82, 2.24) is 10.2 Å². The van der Waals surface area contributed by atoms with Gasteiger partial charge in [0.1, 0.15) is 0 Å². The van der Waals surface area contributed by atoms with Crippen LogP contribution in [0.3, 0.4) is 0 Å². The summed E-state index contributed by atoms with van der Waals surface area (Å²) < 4.78 is 5.31. The molecule has 13 heavy (non-hydrogen) atoms. The molecule has 3 heteroatoms. The van der Waals surface area contributed by atoms with Gasteiger partial charge in [0.05, 0.1) is 13.2 Å². The van der Waals surface area contributed by atoms with Crippen LogP contribution in [0.25, 0.3) is 0 Å². The number of hydrogen-bond acceptors (Lipinski definition) is 3. The summed E-state index contributed by atoms with van der Waals surface area (Å²) in [6.07, 6.45) is 3.58. The van der Waals surface area contributed by atoms with Crippen molar-refractivity contribution >= 4 is 0 Å². The summed E-state index contributed by atoms with van der Waals surface area (Å²) >= 11 is 0. The minimum Gasteiger partial charge on any atom is -0.379 e. The van der Waals surface area contributed by atoms with Crippen LogP contribution in [0.2, 0.25) is 0 Å². The molecular weight excluding hydrogens is 164 g/mol. The normalized spacial score (nSPS) is 25.7. The van der Waals surface area contributed by atoms with Crippen molar-refractivity contribution in [2.45, 2.75) is 6.42 Å². The standard InChI is InChI=1S/C10H18N2O/c1-2-10(8-11-3-1)9-12-4-6-13-7-5-12/h2,11H,1,3-9H2. The summed E-state index contributed by atoms with van der Waals surface area (Å²) in [6.45, 7) is 7.36. The Morgan fingerprint density at radius 2 is 2.23 bits per heavy atom. The molecule has 0 saturated carbocycles. The number of hydrogen-bond donors (Lipinski definition) is 1. The molecule has 0 radical (unpaired) electrons. The van der Waals surface area contributed by atoms with E-state index >= 15 is 0 Å². The summed E-state index contributed by atoms with van der Waals surface area (Å²) in [4.78, 5) is 2.47. The Bertz CT molecular complexity index is 185. The maximum Gasteiger partial charge on any atom is 0.0594 e. The summed E-state index contributed by atoms with van der Waals surface area (Å²) in [5, 5.41) is 3.40. The molecule has 0 unspecified atom stereocenters. The number of nitrogens with one attached hydrogen (secondary N) is 1. The Morgan fingerprint density at radius 3 is 2.92 bits per heavy atom. The van der Waals surface area contributed by atoms with Crippen molar-refractivity contribution in [3.8, 4) is 0 Å². The lowest BCUT2D eigenvalue weighted by Gasteiger charge is -2.28. The van der Waals surface area contributed by atoms with Gasteiger partial charge in [0.2, 0.25) is 0 Å². The molecule has 0 aromatic carbocycles. The van der Waals surface area contributed by atoms with Crippen LogP contribution in [0.5, 0.6) is 0 Å². The summed E-state index contributed by atoms with van der Waals surface area (Å²) in [7, 11) is 0. The lowest BCUT2D eigenvalue weighted by molar-refractivity contribution is 0.0419. The number of morpholine rings is 1. The first kappa shape index (κ1) is 9.19. The maximum atomic E-state index is 5.31. The third-order valence-corrected chi connectivity index (χ3v) is 2.64. The molecule has 0 aromatic heterocycles. The van der Waals surface area contributed by atoms with E-state index in [1.807, 2.05) is 0 Å². The van der Waals surface area contributed by atoms with Crippen molar-refractivity contribution in [2.75, 3.05) is 45.9 Å². The van der Waals surface area contributed by atoms with Gasteiger partial charge < -0.3 is 10.1 Å². The highest BCUT2D eigenvalue weighted by molar-refractivity contribution is 5.09. The van der Waals surface area contributed by atoms with Crippen LogP contribution in [0.15, 0.2) is 11.6 Å². The lowest BCUT2D eigenvalue weighted by Crippen LogP contribution is -2.39. The van der Waals surface area contributed by atoms with Crippen LogP contribution < -0.4 is 5.32 Å². The molecule has 2 heterocycles. The van der Waals surface area contributed by atoms with Crippen molar-refractivity contribution in [1.29, 1.82) is 0 Å². The molecule has 0 aromatic rings. The zero-order chi connectivity index (χ0) is 8.93. The van der Waals surface area contributed by atoms with Crippen molar-refractivity contribution in [3.63, 3.8) is 0 Å². The molecule has 1 fully saturated rings. The molecule has 2 aliphatic heterocycles. The van der Waals surface area contributed by atoms with Gasteiger partial charge in [0, 0.05) is 26.2 Å². The molecule has 0 atom stereocenters. The van der Waals surface area contributed by atoms with Crippen molar-refractivity contribution < 1.29 is 4.74 Å². The molecule has 2 rings (SSSR count). The first-order valence-electron chi connectivity index (χ1n) is 5.14. The molecule has 0 amide bonds. The quantitative estimate of drug-likeness (QED) is 0.619. The second-order valence-corrected chi connectivity index (χ2v) is 3.72. The van der Waals surface area contributed by atoms with Gasteiger partial charge in [-0.05, 0) is 18.5 Å². The summed E-state index contributed by atoms with van der Waals surface area (Å²) in [5.41, 5.74) is 1.55. The minimum atomic E-state index is 0.903. The fourth-order valence-electron chi connectivity index (χ4n) is 1.87. The first-order chi connectivity index (χ1) is 6.45. The largest absolute Gasteiger partial charge is 0.379 e. The highest BCUT2D eigenvalue weighted by Crippen LogP contribution is 2.05. The summed E-state index contributed by atoms with van der Waals surface area (Å²) in [6, 6.07) is 0. The van der Waals surface area contributed by atoms with E-state index in [-0.39, 0.29) is 0 Å². The smallest absolute Gasteiger partial charge is 0.0594 e. The predicted molar refractivity (Wildman–Crippen MR) is 52.8 cm³/mol. The maximum absolute atomic E-state index is 5.31. The molecule has 0 spiro atoms. The van der Waals surface area contributed by atoms with Crippen LogP contribution in [-0.4, -0.2) is 50.8 Å². The van der Waals surface area contributed by atoms with Crippen molar-refractivity contribution in [2.24, 2.45) is 0 Å². The van der Waals surface area contributed by atoms with Crippen LogP contribution in [0.1, 0.15) is 6.42 Å². The van der Waals surface area contributed by atoms with Crippen LogP contribution >= 0.6 is 0 Å². The van der Waals surface area contributed by atoms with Crippen LogP contribution in [-0.2, 0) is 4.74 Å². The van der Waals surface area contributed by atoms with E-state index in [9.17, 15) is 0 Å². The molecule has 0 bridgehead atoms. The number of ether oxygens (including phenoxy) is 1. The zero-order valence-electron chi connectivity index (χ0n) is 8.09. The Labute approximate surface area is 79.7 Å². The average Bonchev–Trinajstić information content (AvgIpc) is 2.21. The Morgan fingerprint density at radius 1 is 1.38 bits per heavy atom. The number of rotatable bonds is 2. The SMILES string of the molecule is C1=C(CN2CCOCC2)CNCC1. The topological polar surface area (TPSA) is 24.5 Å². The van der Waals surface area contributed by atoms with Crippen molar-refractivity contribution in [3.05, 3.63) is 11.6 Å². The van der Waals surface area contributed by atoms with E-state index in [1.54, 1.807) is 5.57 Å². The Hall–Kier alpha value is -0.380. The second-order valence-electron chi connectivity index (χ2n) is 3.72. The first-order valence-corrected chi connectivity index (χ1v) is 5.14. The molecule has 2 aliphatic rings. The van der Waals surface area contributed by atoms with E-state index in [4.69, 9.17) is 4.74 Å². The van der Waals surface area contributed by atoms with Crippen LogP contribution in [0, 0.1) is 0 Å². The average molecular weight is 182 g/mol. The second kappa shape index (κ2) is 4.74. The molecule has 74 valence electrons. The van der Waals surface area contributed by atoms with E-state index in [1.165, 1.54) is 6.42 Å². The fourth-order valence-corrected chi connectivity index (χ4v) is 1.87. The van der Waals surface area contributed by atoms with E-state index in [0.717, 1.165) is 45.9 Å². The zero-order valence-corrected chi connectivity index (χ0v) is 8.09. The van der Waals surface area contributed by atoms with Gasteiger partial charge in [-0.3, -0.25) is 4.90 Å². The monoisotopic (exact) mass is 182 g/mol. The third-order valence-electron chi connectivity index (χ3n) is 2.64.